The van der Waals surface area contributed by atoms with Crippen LogP contribution in [0.3, 0.4) is 0 Å². The quantitative estimate of drug-likeness (QED) is 0.877. The Morgan fingerprint density at radius 3 is 2.67 bits per heavy atom. The number of rotatable bonds is 2. The van der Waals surface area contributed by atoms with E-state index in [0.717, 1.165) is 14.9 Å². The minimum Gasteiger partial charge on any atom is -0.450 e. The Labute approximate surface area is 108 Å². The van der Waals surface area contributed by atoms with Crippen LogP contribution in [0.25, 0.3) is 0 Å². The van der Waals surface area contributed by atoms with Crippen LogP contribution < -0.4 is 0 Å². The van der Waals surface area contributed by atoms with Crippen LogP contribution in [0.4, 0.5) is 0 Å². The highest BCUT2D eigenvalue weighted by Crippen LogP contribution is 2.34. The molecule has 0 amide bonds. The molecule has 1 N–H and O–H groups in total. The van der Waals surface area contributed by atoms with Gasteiger partial charge in [-0.25, -0.2) is 0 Å². The molecule has 0 aromatic carbocycles. The maximum Gasteiger partial charge on any atom is 0.183 e. The molecule has 0 aliphatic heterocycles. The number of furan rings is 1. The molecule has 0 fully saturated rings. The van der Waals surface area contributed by atoms with E-state index in [1.165, 1.54) is 0 Å². The first-order valence-electron chi connectivity index (χ1n) is 4.26. The van der Waals surface area contributed by atoms with Crippen molar-refractivity contribution in [2.45, 2.75) is 13.0 Å². The molecule has 2 aromatic heterocycles. The molecular formula is C10H8Br2O2S. The van der Waals surface area contributed by atoms with Crippen LogP contribution >= 0.6 is 43.2 Å². The van der Waals surface area contributed by atoms with Crippen molar-refractivity contribution in [1.82, 2.24) is 0 Å². The van der Waals surface area contributed by atoms with E-state index in [9.17, 15) is 5.11 Å². The van der Waals surface area contributed by atoms with Crippen LogP contribution in [0.15, 0.2) is 31.1 Å². The smallest absolute Gasteiger partial charge is 0.183 e. The SMILES string of the molecule is Cc1sccc1C(O)c1cc(Br)c(Br)o1. The van der Waals surface area contributed by atoms with Crippen molar-refractivity contribution >= 4 is 43.2 Å². The van der Waals surface area contributed by atoms with Crippen molar-refractivity contribution in [2.24, 2.45) is 0 Å². The lowest BCUT2D eigenvalue weighted by Gasteiger charge is -2.06. The third-order valence-corrected chi connectivity index (χ3v) is 4.70. The first-order valence-corrected chi connectivity index (χ1v) is 6.73. The van der Waals surface area contributed by atoms with Crippen molar-refractivity contribution in [3.8, 4) is 0 Å². The van der Waals surface area contributed by atoms with Gasteiger partial charge in [-0.2, -0.15) is 0 Å². The van der Waals surface area contributed by atoms with Gasteiger partial charge in [-0.15, -0.1) is 11.3 Å². The van der Waals surface area contributed by atoms with Crippen LogP contribution in [0.1, 0.15) is 22.3 Å². The second-order valence-corrected chi connectivity index (χ2v) is 5.80. The predicted molar refractivity (Wildman–Crippen MR) is 67.2 cm³/mol. The van der Waals surface area contributed by atoms with E-state index < -0.39 is 6.10 Å². The van der Waals surface area contributed by atoms with Crippen molar-refractivity contribution in [1.29, 1.82) is 0 Å². The summed E-state index contributed by atoms with van der Waals surface area (Å²) in [7, 11) is 0. The topological polar surface area (TPSA) is 33.4 Å². The van der Waals surface area contributed by atoms with E-state index in [4.69, 9.17) is 4.42 Å². The van der Waals surface area contributed by atoms with Crippen molar-refractivity contribution in [3.63, 3.8) is 0 Å². The molecule has 0 aliphatic rings. The van der Waals surface area contributed by atoms with E-state index in [-0.39, 0.29) is 0 Å². The molecule has 2 aromatic rings. The van der Waals surface area contributed by atoms with Crippen molar-refractivity contribution < 1.29 is 9.52 Å². The van der Waals surface area contributed by atoms with E-state index >= 15 is 0 Å². The lowest BCUT2D eigenvalue weighted by atomic mass is 10.1. The molecule has 80 valence electrons. The van der Waals surface area contributed by atoms with Gasteiger partial charge in [0.2, 0.25) is 0 Å². The Morgan fingerprint density at radius 1 is 1.47 bits per heavy atom. The highest BCUT2D eigenvalue weighted by molar-refractivity contribution is 9.13. The highest BCUT2D eigenvalue weighted by Gasteiger charge is 2.19. The second-order valence-electron chi connectivity index (χ2n) is 3.11. The number of aliphatic hydroxyl groups is 1. The fourth-order valence-electron chi connectivity index (χ4n) is 1.33. The Morgan fingerprint density at radius 2 is 2.20 bits per heavy atom. The maximum absolute atomic E-state index is 10.1. The van der Waals surface area contributed by atoms with Gasteiger partial charge in [-0.05, 0) is 56.3 Å². The molecule has 0 aliphatic carbocycles. The largest absolute Gasteiger partial charge is 0.450 e. The second kappa shape index (κ2) is 4.41. The molecule has 15 heavy (non-hydrogen) atoms. The fraction of sp³-hybridized carbons (Fsp3) is 0.200. The van der Waals surface area contributed by atoms with E-state index in [2.05, 4.69) is 31.9 Å². The van der Waals surface area contributed by atoms with E-state index in [1.807, 2.05) is 18.4 Å². The molecule has 2 heterocycles. The number of hydrogen-bond donors (Lipinski definition) is 1. The summed E-state index contributed by atoms with van der Waals surface area (Å²) >= 11 is 8.17. The zero-order valence-electron chi connectivity index (χ0n) is 7.83. The molecule has 0 spiro atoms. The van der Waals surface area contributed by atoms with Crippen molar-refractivity contribution in [3.05, 3.63) is 42.9 Å². The molecule has 0 saturated heterocycles. The summed E-state index contributed by atoms with van der Waals surface area (Å²) in [4.78, 5) is 1.10. The van der Waals surface area contributed by atoms with Crippen LogP contribution in [0.5, 0.6) is 0 Å². The van der Waals surface area contributed by atoms with Gasteiger partial charge in [0.15, 0.2) is 4.67 Å². The summed E-state index contributed by atoms with van der Waals surface area (Å²) in [5, 5.41) is 12.0. The molecule has 1 atom stereocenters. The summed E-state index contributed by atoms with van der Waals surface area (Å²) in [6.45, 7) is 1.98. The molecule has 1 unspecified atom stereocenters. The average Bonchev–Trinajstić information content (AvgIpc) is 2.74. The van der Waals surface area contributed by atoms with Gasteiger partial charge in [-0.3, -0.25) is 0 Å². The molecule has 0 saturated carbocycles. The standard InChI is InChI=1S/C10H8Br2O2S/c1-5-6(2-3-15-5)9(13)8-4-7(11)10(12)14-8/h2-4,9,13H,1H3. The number of halogens is 2. The zero-order chi connectivity index (χ0) is 11.0. The molecule has 0 radical (unpaired) electrons. The Hall–Kier alpha value is -0.100. The lowest BCUT2D eigenvalue weighted by molar-refractivity contribution is 0.187. The fourth-order valence-corrected chi connectivity index (χ4v) is 2.67. The summed E-state index contributed by atoms with van der Waals surface area (Å²) in [6.07, 6.45) is -0.696. The van der Waals surface area contributed by atoms with Gasteiger partial charge in [0.05, 0.1) is 4.47 Å². The summed E-state index contributed by atoms with van der Waals surface area (Å²) in [6, 6.07) is 3.68. The van der Waals surface area contributed by atoms with Gasteiger partial charge >= 0.3 is 0 Å². The molecule has 2 nitrogen and oxygen atoms in total. The lowest BCUT2D eigenvalue weighted by Crippen LogP contribution is -1.97. The molecule has 5 heteroatoms. The number of aryl methyl sites for hydroxylation is 1. The third-order valence-electron chi connectivity index (χ3n) is 2.13. The average molecular weight is 352 g/mol. The van der Waals surface area contributed by atoms with Crippen molar-refractivity contribution in [2.75, 3.05) is 0 Å². The van der Waals surface area contributed by atoms with Crippen LogP contribution in [0.2, 0.25) is 0 Å². The molecule has 0 bridgehead atoms. The number of hydrogen-bond acceptors (Lipinski definition) is 3. The Bertz CT molecular complexity index is 456. The summed E-state index contributed by atoms with van der Waals surface area (Å²) in [5.74, 6) is 0.537. The summed E-state index contributed by atoms with van der Waals surface area (Å²) in [5.41, 5.74) is 0.897. The highest BCUT2D eigenvalue weighted by atomic mass is 79.9. The van der Waals surface area contributed by atoms with Crippen LogP contribution in [-0.2, 0) is 0 Å². The molecular weight excluding hydrogens is 344 g/mol. The van der Waals surface area contributed by atoms with E-state index in [1.54, 1.807) is 17.4 Å². The normalized spacial score (nSPS) is 13.1. The van der Waals surface area contributed by atoms with Gasteiger partial charge in [0.1, 0.15) is 11.9 Å². The maximum atomic E-state index is 10.1. The van der Waals surface area contributed by atoms with Crippen LogP contribution in [-0.4, -0.2) is 5.11 Å². The third kappa shape index (κ3) is 2.20. The van der Waals surface area contributed by atoms with Gasteiger partial charge in [0.25, 0.3) is 0 Å². The summed E-state index contributed by atoms with van der Waals surface area (Å²) < 4.78 is 6.79. The first-order chi connectivity index (χ1) is 7.09. The monoisotopic (exact) mass is 350 g/mol. The number of thiophene rings is 1. The predicted octanol–water partition coefficient (Wildman–Crippen LogP) is 4.26. The van der Waals surface area contributed by atoms with Crippen LogP contribution in [0, 0.1) is 6.92 Å². The zero-order valence-corrected chi connectivity index (χ0v) is 11.8. The van der Waals surface area contributed by atoms with Gasteiger partial charge in [0, 0.05) is 10.4 Å². The Balaban J connectivity index is 2.36. The molecule has 2 rings (SSSR count). The number of aliphatic hydroxyl groups excluding tert-OH is 1. The van der Waals surface area contributed by atoms with Gasteiger partial charge < -0.3 is 9.52 Å². The van der Waals surface area contributed by atoms with E-state index in [0.29, 0.717) is 10.4 Å². The minimum atomic E-state index is -0.696. The minimum absolute atomic E-state index is 0.537. The Kier molecular flexibility index (Phi) is 3.35. The van der Waals surface area contributed by atoms with Gasteiger partial charge in [-0.1, -0.05) is 0 Å². The first kappa shape index (κ1) is 11.4.